The van der Waals surface area contributed by atoms with Crippen LogP contribution < -0.4 is 0 Å². The first kappa shape index (κ1) is 6.81. The minimum Gasteiger partial charge on any atom is -0.392 e. The van der Waals surface area contributed by atoms with Crippen LogP contribution in [-0.2, 0) is 0 Å². The van der Waals surface area contributed by atoms with Crippen molar-refractivity contribution in [2.24, 2.45) is 5.92 Å². The summed E-state index contributed by atoms with van der Waals surface area (Å²) in [5.74, 6) is 0.789. The maximum atomic E-state index is 8.74. The molecular formula is C8H14O. The summed E-state index contributed by atoms with van der Waals surface area (Å²) in [5.41, 5.74) is 1.23. The molecule has 0 saturated heterocycles. The number of allylic oxidation sites excluding steroid dienone is 1. The second kappa shape index (κ2) is 3.02. The quantitative estimate of drug-likeness (QED) is 0.530. The van der Waals surface area contributed by atoms with E-state index >= 15 is 0 Å². The Morgan fingerprint density at radius 1 is 1.78 bits per heavy atom. The van der Waals surface area contributed by atoms with Gasteiger partial charge in [-0.05, 0) is 30.8 Å². The van der Waals surface area contributed by atoms with Gasteiger partial charge in [0.25, 0.3) is 0 Å². The lowest BCUT2D eigenvalue weighted by atomic mass is 9.91. The highest BCUT2D eigenvalue weighted by atomic mass is 16.3. The van der Waals surface area contributed by atoms with Crippen LogP contribution in [0.1, 0.15) is 26.2 Å². The van der Waals surface area contributed by atoms with E-state index in [9.17, 15) is 0 Å². The number of aliphatic hydroxyl groups excluding tert-OH is 1. The Hall–Kier alpha value is -0.300. The fourth-order valence-corrected chi connectivity index (χ4v) is 1.33. The summed E-state index contributed by atoms with van der Waals surface area (Å²) in [7, 11) is 0. The summed E-state index contributed by atoms with van der Waals surface area (Å²) in [5, 5.41) is 8.74. The van der Waals surface area contributed by atoms with E-state index in [1.54, 1.807) is 0 Å². The summed E-state index contributed by atoms with van der Waals surface area (Å²) in [4.78, 5) is 0. The lowest BCUT2D eigenvalue weighted by molar-refractivity contribution is 0.314. The van der Waals surface area contributed by atoms with Gasteiger partial charge in [-0.15, -0.1) is 0 Å². The molecular weight excluding hydrogens is 112 g/mol. The minimum absolute atomic E-state index is 0.268. The lowest BCUT2D eigenvalue weighted by Gasteiger charge is -2.16. The van der Waals surface area contributed by atoms with Crippen molar-refractivity contribution in [1.29, 1.82) is 0 Å². The summed E-state index contributed by atoms with van der Waals surface area (Å²) in [6.07, 6.45) is 5.73. The zero-order chi connectivity index (χ0) is 6.69. The number of hydrogen-bond donors (Lipinski definition) is 1. The lowest BCUT2D eigenvalue weighted by Crippen LogP contribution is -2.04. The van der Waals surface area contributed by atoms with Gasteiger partial charge in [-0.2, -0.15) is 0 Å². The van der Waals surface area contributed by atoms with Gasteiger partial charge in [0.05, 0.1) is 6.61 Å². The van der Waals surface area contributed by atoms with E-state index < -0.39 is 0 Å². The smallest absolute Gasteiger partial charge is 0.0641 e. The monoisotopic (exact) mass is 126 g/mol. The molecule has 1 aliphatic carbocycles. The molecule has 1 N–H and O–H groups in total. The first-order valence-electron chi connectivity index (χ1n) is 3.61. The topological polar surface area (TPSA) is 20.2 Å². The molecule has 1 unspecified atom stereocenters. The molecule has 0 bridgehead atoms. The van der Waals surface area contributed by atoms with Gasteiger partial charge in [-0.3, -0.25) is 0 Å². The van der Waals surface area contributed by atoms with Crippen molar-refractivity contribution in [3.05, 3.63) is 11.6 Å². The molecule has 0 radical (unpaired) electrons. The molecule has 0 aliphatic heterocycles. The minimum atomic E-state index is 0.268. The van der Waals surface area contributed by atoms with Crippen LogP contribution in [0, 0.1) is 5.92 Å². The highest BCUT2D eigenvalue weighted by molar-refractivity contribution is 5.06. The van der Waals surface area contributed by atoms with E-state index in [2.05, 4.69) is 13.0 Å². The SMILES string of the molecule is CC1CCC=C(CO)C1. The van der Waals surface area contributed by atoms with Crippen molar-refractivity contribution < 1.29 is 5.11 Å². The van der Waals surface area contributed by atoms with Gasteiger partial charge < -0.3 is 5.11 Å². The molecule has 1 atom stereocenters. The average molecular weight is 126 g/mol. The van der Waals surface area contributed by atoms with Crippen LogP contribution in [0.25, 0.3) is 0 Å². The van der Waals surface area contributed by atoms with Gasteiger partial charge in [0.1, 0.15) is 0 Å². The Labute approximate surface area is 56.4 Å². The molecule has 0 heterocycles. The maximum absolute atomic E-state index is 8.74. The Morgan fingerprint density at radius 3 is 3.00 bits per heavy atom. The van der Waals surface area contributed by atoms with Crippen LogP contribution >= 0.6 is 0 Å². The van der Waals surface area contributed by atoms with Crippen molar-refractivity contribution in [3.8, 4) is 0 Å². The van der Waals surface area contributed by atoms with Crippen molar-refractivity contribution in [2.45, 2.75) is 26.2 Å². The standard InChI is InChI=1S/C8H14O/c1-7-3-2-4-8(5-7)6-9/h4,7,9H,2-3,5-6H2,1H3. The summed E-state index contributed by atoms with van der Waals surface area (Å²) < 4.78 is 0. The molecule has 0 aromatic heterocycles. The first-order valence-corrected chi connectivity index (χ1v) is 3.61. The molecule has 0 aromatic rings. The highest BCUT2D eigenvalue weighted by Gasteiger charge is 2.08. The largest absolute Gasteiger partial charge is 0.392 e. The average Bonchev–Trinajstić information content (AvgIpc) is 1.88. The van der Waals surface area contributed by atoms with E-state index in [0.29, 0.717) is 0 Å². The highest BCUT2D eigenvalue weighted by Crippen LogP contribution is 2.22. The zero-order valence-corrected chi connectivity index (χ0v) is 5.93. The summed E-state index contributed by atoms with van der Waals surface area (Å²) >= 11 is 0. The normalized spacial score (nSPS) is 27.8. The molecule has 9 heavy (non-hydrogen) atoms. The molecule has 1 nitrogen and oxygen atoms in total. The second-order valence-electron chi connectivity index (χ2n) is 2.91. The predicted octanol–water partition coefficient (Wildman–Crippen LogP) is 1.73. The zero-order valence-electron chi connectivity index (χ0n) is 5.93. The van der Waals surface area contributed by atoms with Gasteiger partial charge in [0.15, 0.2) is 0 Å². The van der Waals surface area contributed by atoms with Crippen LogP contribution in [0.2, 0.25) is 0 Å². The number of hydrogen-bond acceptors (Lipinski definition) is 1. The molecule has 0 fully saturated rings. The van der Waals surface area contributed by atoms with Crippen molar-refractivity contribution in [1.82, 2.24) is 0 Å². The van der Waals surface area contributed by atoms with Crippen LogP contribution in [0.5, 0.6) is 0 Å². The van der Waals surface area contributed by atoms with Crippen molar-refractivity contribution >= 4 is 0 Å². The number of aliphatic hydroxyl groups is 1. The second-order valence-corrected chi connectivity index (χ2v) is 2.91. The first-order chi connectivity index (χ1) is 4.33. The summed E-state index contributed by atoms with van der Waals surface area (Å²) in [6.45, 7) is 2.51. The molecule has 0 aromatic carbocycles. The Balaban J connectivity index is 2.43. The fraction of sp³-hybridized carbons (Fsp3) is 0.750. The Bertz CT molecular complexity index is 116. The molecule has 0 amide bonds. The number of rotatable bonds is 1. The third kappa shape index (κ3) is 1.83. The summed E-state index contributed by atoms with van der Waals surface area (Å²) in [6, 6.07) is 0. The third-order valence-electron chi connectivity index (χ3n) is 1.91. The molecule has 1 heteroatoms. The van der Waals surface area contributed by atoms with Crippen molar-refractivity contribution in [2.75, 3.05) is 6.61 Å². The molecule has 0 spiro atoms. The molecule has 1 rings (SSSR count). The van der Waals surface area contributed by atoms with Crippen molar-refractivity contribution in [3.63, 3.8) is 0 Å². The van der Waals surface area contributed by atoms with Gasteiger partial charge in [-0.1, -0.05) is 13.0 Å². The van der Waals surface area contributed by atoms with Crippen LogP contribution in [0.4, 0.5) is 0 Å². The Kier molecular flexibility index (Phi) is 2.29. The van der Waals surface area contributed by atoms with E-state index in [-0.39, 0.29) is 6.61 Å². The fourth-order valence-electron chi connectivity index (χ4n) is 1.33. The van der Waals surface area contributed by atoms with Gasteiger partial charge in [-0.25, -0.2) is 0 Å². The maximum Gasteiger partial charge on any atom is 0.0641 e. The molecule has 0 saturated carbocycles. The van der Waals surface area contributed by atoms with E-state index in [4.69, 9.17) is 5.11 Å². The third-order valence-corrected chi connectivity index (χ3v) is 1.91. The van der Waals surface area contributed by atoms with Crippen LogP contribution in [-0.4, -0.2) is 11.7 Å². The Morgan fingerprint density at radius 2 is 2.56 bits per heavy atom. The van der Waals surface area contributed by atoms with E-state index in [0.717, 1.165) is 18.8 Å². The van der Waals surface area contributed by atoms with Gasteiger partial charge in [0.2, 0.25) is 0 Å². The molecule has 52 valence electrons. The predicted molar refractivity (Wildman–Crippen MR) is 38.2 cm³/mol. The van der Waals surface area contributed by atoms with Crippen LogP contribution in [0.15, 0.2) is 11.6 Å². The van der Waals surface area contributed by atoms with Gasteiger partial charge >= 0.3 is 0 Å². The van der Waals surface area contributed by atoms with Gasteiger partial charge in [0, 0.05) is 0 Å². The molecule has 1 aliphatic rings. The van der Waals surface area contributed by atoms with E-state index in [1.807, 2.05) is 0 Å². The van der Waals surface area contributed by atoms with Crippen LogP contribution in [0.3, 0.4) is 0 Å². The van der Waals surface area contributed by atoms with E-state index in [1.165, 1.54) is 12.0 Å².